The van der Waals surface area contributed by atoms with Crippen molar-refractivity contribution in [2.45, 2.75) is 88.9 Å². The minimum atomic E-state index is -3.84. The van der Waals surface area contributed by atoms with Gasteiger partial charge in [-0.2, -0.15) is 8.61 Å². The molecule has 2 aliphatic heterocycles. The van der Waals surface area contributed by atoms with Crippen LogP contribution in [0.4, 0.5) is 0 Å². The Morgan fingerprint density at radius 3 is 1.42 bits per heavy atom. The molecule has 23 nitrogen and oxygen atoms in total. The van der Waals surface area contributed by atoms with Crippen molar-refractivity contribution in [1.82, 2.24) is 47.5 Å². The van der Waals surface area contributed by atoms with Gasteiger partial charge in [-0.3, -0.25) is 9.59 Å². The van der Waals surface area contributed by atoms with E-state index in [1.807, 2.05) is 33.3 Å². The number of fused-ring (bicyclic) bond motifs is 2. The van der Waals surface area contributed by atoms with Crippen LogP contribution in [0.15, 0.2) is 68.2 Å². The average molecular weight is 1110 g/mol. The summed E-state index contributed by atoms with van der Waals surface area (Å²) in [7, 11) is -3.97. The van der Waals surface area contributed by atoms with Crippen LogP contribution in [0.5, 0.6) is 11.5 Å². The molecular weight excluding hydrogens is 1030 g/mol. The number of ether oxygens (including phenoxy) is 2. The van der Waals surface area contributed by atoms with Crippen LogP contribution < -0.4 is 20.6 Å². The Morgan fingerprint density at radius 2 is 1.04 bits per heavy atom. The molecular formula is C52H73N11O12S2. The Kier molecular flexibility index (Phi) is 20.1. The fourth-order valence-corrected chi connectivity index (χ4v) is 12.6. The molecule has 0 radical (unpaired) electrons. The SMILES string of the molecule is CCCOc1ccc(S(=O)(=O)N2CCN(CCCO)CC2)cc1-c1nc2c(CCC)cn(C)c2c(=O)[nH]1.CCCOc1ccc(S(=O)(=O)N2CCN(CCCO[N+](=O)[O-])CC2)cc1-c1nc2c(CCC)cn(C)c2c(=O)[nH]1. The van der Waals surface area contributed by atoms with E-state index in [1.54, 1.807) is 40.4 Å². The van der Waals surface area contributed by atoms with Gasteiger partial charge in [-0.05, 0) is 86.1 Å². The number of sulfonamides is 2. The molecule has 0 bridgehead atoms. The van der Waals surface area contributed by atoms with E-state index in [4.69, 9.17) is 24.5 Å². The van der Waals surface area contributed by atoms with Gasteiger partial charge in [0, 0.05) is 98.5 Å². The number of nitrogens with one attached hydrogen (secondary N) is 2. The first-order chi connectivity index (χ1) is 36.9. The van der Waals surface area contributed by atoms with Crippen molar-refractivity contribution in [3.05, 3.63) is 90.7 Å². The number of aromatic amines is 2. The quantitative estimate of drug-likeness (QED) is 0.0412. The third-order valence-electron chi connectivity index (χ3n) is 13.6. The molecule has 77 heavy (non-hydrogen) atoms. The molecule has 2 fully saturated rings. The highest BCUT2D eigenvalue weighted by molar-refractivity contribution is 7.89. The lowest BCUT2D eigenvalue weighted by atomic mass is 10.1. The zero-order valence-corrected chi connectivity index (χ0v) is 46.6. The van der Waals surface area contributed by atoms with Crippen LogP contribution in [0.25, 0.3) is 44.8 Å². The van der Waals surface area contributed by atoms with Crippen LogP contribution in [0.3, 0.4) is 0 Å². The summed E-state index contributed by atoms with van der Waals surface area (Å²) >= 11 is 0. The van der Waals surface area contributed by atoms with Crippen molar-refractivity contribution >= 4 is 42.1 Å². The molecule has 3 N–H and O–H groups in total. The molecule has 0 amide bonds. The lowest BCUT2D eigenvalue weighted by Crippen LogP contribution is -2.48. The summed E-state index contributed by atoms with van der Waals surface area (Å²) in [6.45, 7) is 14.0. The van der Waals surface area contributed by atoms with Gasteiger partial charge in [0.1, 0.15) is 34.2 Å². The van der Waals surface area contributed by atoms with E-state index in [1.165, 1.54) is 20.7 Å². The maximum absolute atomic E-state index is 13.6. The van der Waals surface area contributed by atoms with Crippen molar-refractivity contribution < 1.29 is 41.3 Å². The lowest BCUT2D eigenvalue weighted by molar-refractivity contribution is -0.757. The molecule has 2 aliphatic rings. The summed E-state index contributed by atoms with van der Waals surface area (Å²) in [4.78, 5) is 60.5. The Bertz CT molecular complexity index is 3340. The van der Waals surface area contributed by atoms with Gasteiger partial charge in [0.25, 0.3) is 16.2 Å². The monoisotopic (exact) mass is 1110 g/mol. The number of aliphatic hydroxyl groups is 1. The molecule has 25 heteroatoms. The topological polar surface area (TPSA) is 274 Å². The van der Waals surface area contributed by atoms with E-state index in [0.717, 1.165) is 56.2 Å². The number of rotatable bonds is 24. The maximum Gasteiger partial charge on any atom is 0.294 e. The van der Waals surface area contributed by atoms with Gasteiger partial charge in [0.05, 0.1) is 51.8 Å². The highest BCUT2D eigenvalue weighted by Gasteiger charge is 2.32. The minimum Gasteiger partial charge on any atom is -0.493 e. The second-order valence-electron chi connectivity index (χ2n) is 19.2. The molecule has 0 saturated carbocycles. The molecule has 0 spiro atoms. The number of hydrogen-bond donors (Lipinski definition) is 3. The van der Waals surface area contributed by atoms with Gasteiger partial charge in [-0.25, -0.2) is 26.8 Å². The molecule has 0 aliphatic carbocycles. The Labute approximate surface area is 449 Å². The molecule has 4 aromatic heterocycles. The third kappa shape index (κ3) is 13.7. The zero-order chi connectivity index (χ0) is 55.4. The molecule has 2 aromatic carbocycles. The molecule has 8 rings (SSSR count). The minimum absolute atomic E-state index is 0.00553. The predicted octanol–water partition coefficient (Wildman–Crippen LogP) is 4.93. The first kappa shape index (κ1) is 58.5. The largest absolute Gasteiger partial charge is 0.493 e. The van der Waals surface area contributed by atoms with Crippen LogP contribution in [-0.2, 0) is 51.8 Å². The summed E-state index contributed by atoms with van der Waals surface area (Å²) in [6.07, 6.45) is 9.86. The summed E-state index contributed by atoms with van der Waals surface area (Å²) < 4.78 is 72.7. The smallest absolute Gasteiger partial charge is 0.294 e. The van der Waals surface area contributed by atoms with Crippen LogP contribution >= 0.6 is 0 Å². The number of hydrogen-bond acceptors (Lipinski definition) is 16. The van der Waals surface area contributed by atoms with Crippen LogP contribution in [0.2, 0.25) is 0 Å². The summed E-state index contributed by atoms with van der Waals surface area (Å²) in [5.74, 6) is 1.46. The van der Waals surface area contributed by atoms with Crippen molar-refractivity contribution in [2.24, 2.45) is 14.1 Å². The number of nitrogens with zero attached hydrogens (tertiary/aromatic N) is 9. The van der Waals surface area contributed by atoms with Gasteiger partial charge < -0.3 is 48.3 Å². The lowest BCUT2D eigenvalue weighted by Gasteiger charge is -2.34. The second kappa shape index (κ2) is 26.4. The van der Waals surface area contributed by atoms with E-state index < -0.39 is 25.1 Å². The predicted molar refractivity (Wildman–Crippen MR) is 293 cm³/mol. The van der Waals surface area contributed by atoms with E-state index in [2.05, 4.69) is 38.5 Å². The Morgan fingerprint density at radius 1 is 0.623 bits per heavy atom. The van der Waals surface area contributed by atoms with E-state index in [0.29, 0.717) is 117 Å². The van der Waals surface area contributed by atoms with Gasteiger partial charge in [0.2, 0.25) is 20.0 Å². The second-order valence-corrected chi connectivity index (χ2v) is 23.1. The summed E-state index contributed by atoms with van der Waals surface area (Å²) in [5, 5.41) is 18.6. The molecule has 6 heterocycles. The maximum atomic E-state index is 13.6. The normalized spacial score (nSPS) is 15.2. The number of aliphatic hydroxyl groups excluding tert-OH is 1. The fraction of sp³-hybridized carbons (Fsp3) is 0.538. The highest BCUT2D eigenvalue weighted by Crippen LogP contribution is 2.35. The number of piperazine rings is 2. The molecule has 2 saturated heterocycles. The molecule has 420 valence electrons. The average Bonchev–Trinajstić information content (AvgIpc) is 4.02. The van der Waals surface area contributed by atoms with Gasteiger partial charge in [0.15, 0.2) is 0 Å². The van der Waals surface area contributed by atoms with Gasteiger partial charge >= 0.3 is 0 Å². The summed E-state index contributed by atoms with van der Waals surface area (Å²) in [6, 6.07) is 9.43. The van der Waals surface area contributed by atoms with E-state index >= 15 is 0 Å². The number of benzene rings is 2. The number of H-pyrrole nitrogens is 2. The van der Waals surface area contributed by atoms with Crippen molar-refractivity contribution in [3.63, 3.8) is 0 Å². The van der Waals surface area contributed by atoms with E-state index in [-0.39, 0.29) is 58.9 Å². The van der Waals surface area contributed by atoms with Crippen LogP contribution in [0, 0.1) is 10.1 Å². The summed E-state index contributed by atoms with van der Waals surface area (Å²) in [5.41, 5.74) is 4.37. The fourth-order valence-electron chi connectivity index (χ4n) is 9.71. The van der Waals surface area contributed by atoms with Crippen LogP contribution in [0.1, 0.15) is 77.3 Å². The Balaban J connectivity index is 0.000000224. The van der Waals surface area contributed by atoms with Crippen molar-refractivity contribution in [3.8, 4) is 34.3 Å². The van der Waals surface area contributed by atoms with Gasteiger partial charge in [-0.15, -0.1) is 10.1 Å². The molecule has 0 unspecified atom stereocenters. The first-order valence-corrected chi connectivity index (χ1v) is 29.4. The standard InChI is InChI=1S/C26H36N6O7S.C26H37N5O5S/c1-4-7-19-18-29(3)24-23(19)27-25(28-26(24)33)21-17-20(8-9-22(21)38-15-5-2)40(36,37)31-13-11-30(12-14-31)10-6-16-39-32(34)35;1-4-7-19-18-29(3)24-23(19)27-25(28-26(24)33)21-17-20(8-9-22(21)36-16-5-2)37(34,35)31-13-11-30(12-14-31)10-6-15-32/h8-9,17-18H,4-7,10-16H2,1-3H3,(H,27,28,33);8-9,17-18,32H,4-7,10-16H2,1-3H3,(H,27,28,33). The highest BCUT2D eigenvalue weighted by atomic mass is 32.2. The first-order valence-electron chi connectivity index (χ1n) is 26.5. The van der Waals surface area contributed by atoms with Crippen molar-refractivity contribution in [2.75, 3.05) is 91.9 Å². The van der Waals surface area contributed by atoms with Gasteiger partial charge in [-0.1, -0.05) is 40.5 Å². The zero-order valence-electron chi connectivity index (χ0n) is 45.0. The number of aromatic nitrogens is 6. The molecule has 0 atom stereocenters. The van der Waals surface area contributed by atoms with Crippen molar-refractivity contribution in [1.29, 1.82) is 0 Å². The third-order valence-corrected chi connectivity index (χ3v) is 17.4. The number of aryl methyl sites for hydroxylation is 4. The van der Waals surface area contributed by atoms with Crippen LogP contribution in [-0.4, -0.2) is 166 Å². The Hall–Kier alpha value is -6.22. The molecule has 6 aromatic rings. The van der Waals surface area contributed by atoms with E-state index in [9.17, 15) is 36.5 Å².